The van der Waals surface area contributed by atoms with Crippen LogP contribution in [0.4, 0.5) is 5.69 Å². The molecule has 0 aliphatic carbocycles. The molecule has 0 unspecified atom stereocenters. The maximum Gasteiger partial charge on any atom is 0.234 e. The van der Waals surface area contributed by atoms with E-state index < -0.39 is 0 Å². The van der Waals surface area contributed by atoms with E-state index >= 15 is 0 Å². The standard InChI is InChI=1S/C25H22Cl2N4O2S/c1-3-12-31-23(14-33-22-11-8-17-6-4-5-7-19(17)16(22)2)29-30-25(31)34-15-24(32)28-21-13-18(26)9-10-20(21)27/h3-11,13H,1,12,14-15H2,2H3,(H,28,32). The number of amides is 1. The number of anilines is 1. The molecule has 1 N–H and O–H groups in total. The molecule has 9 heteroatoms. The molecule has 0 saturated heterocycles. The van der Waals surface area contributed by atoms with Crippen LogP contribution in [-0.2, 0) is 17.9 Å². The fourth-order valence-corrected chi connectivity index (χ4v) is 4.56. The fourth-order valence-electron chi connectivity index (χ4n) is 3.46. The molecule has 0 radical (unpaired) electrons. The third-order valence-corrected chi connectivity index (χ3v) is 6.68. The molecule has 1 aromatic heterocycles. The van der Waals surface area contributed by atoms with E-state index in [4.69, 9.17) is 27.9 Å². The predicted octanol–water partition coefficient (Wildman–Crippen LogP) is 6.54. The Balaban J connectivity index is 1.43. The maximum atomic E-state index is 12.4. The number of hydrogen-bond donors (Lipinski definition) is 1. The van der Waals surface area contributed by atoms with Gasteiger partial charge in [-0.25, -0.2) is 0 Å². The lowest BCUT2D eigenvalue weighted by Gasteiger charge is -2.12. The Hall–Kier alpha value is -3.00. The van der Waals surface area contributed by atoms with Crippen molar-refractivity contribution in [2.75, 3.05) is 11.1 Å². The van der Waals surface area contributed by atoms with Gasteiger partial charge in [-0.1, -0.05) is 71.4 Å². The second-order valence-corrected chi connectivity index (χ2v) is 9.24. The van der Waals surface area contributed by atoms with Crippen molar-refractivity contribution < 1.29 is 9.53 Å². The number of allylic oxidation sites excluding steroid dienone is 1. The van der Waals surface area contributed by atoms with E-state index in [-0.39, 0.29) is 18.3 Å². The molecule has 0 aliphatic heterocycles. The van der Waals surface area contributed by atoms with Crippen molar-refractivity contribution in [3.63, 3.8) is 0 Å². The van der Waals surface area contributed by atoms with Crippen molar-refractivity contribution in [2.24, 2.45) is 0 Å². The zero-order valence-corrected chi connectivity index (χ0v) is 20.8. The van der Waals surface area contributed by atoms with Crippen LogP contribution in [0.5, 0.6) is 5.75 Å². The third kappa shape index (κ3) is 5.55. The van der Waals surface area contributed by atoms with Crippen molar-refractivity contribution >= 4 is 57.3 Å². The van der Waals surface area contributed by atoms with Crippen LogP contribution in [0.2, 0.25) is 10.0 Å². The second kappa shape index (κ2) is 11.0. The quantitative estimate of drug-likeness (QED) is 0.203. The smallest absolute Gasteiger partial charge is 0.234 e. The molecular formula is C25H22Cl2N4O2S. The van der Waals surface area contributed by atoms with E-state index in [1.54, 1.807) is 24.3 Å². The monoisotopic (exact) mass is 512 g/mol. The minimum absolute atomic E-state index is 0.128. The number of rotatable bonds is 9. The molecule has 0 fully saturated rings. The first-order valence-electron chi connectivity index (χ1n) is 10.5. The number of benzene rings is 3. The lowest BCUT2D eigenvalue weighted by Crippen LogP contribution is -2.15. The molecule has 6 nitrogen and oxygen atoms in total. The summed E-state index contributed by atoms with van der Waals surface area (Å²) in [5, 5.41) is 15.1. The normalized spacial score (nSPS) is 10.9. The van der Waals surface area contributed by atoms with Gasteiger partial charge in [0.25, 0.3) is 0 Å². The highest BCUT2D eigenvalue weighted by Gasteiger charge is 2.15. The number of nitrogens with one attached hydrogen (secondary N) is 1. The topological polar surface area (TPSA) is 69.0 Å². The number of thioether (sulfide) groups is 1. The summed E-state index contributed by atoms with van der Waals surface area (Å²) in [7, 11) is 0. The average Bonchev–Trinajstić information content (AvgIpc) is 3.21. The van der Waals surface area contributed by atoms with Crippen molar-refractivity contribution in [3.8, 4) is 5.75 Å². The van der Waals surface area contributed by atoms with Crippen molar-refractivity contribution in [2.45, 2.75) is 25.2 Å². The maximum absolute atomic E-state index is 12.4. The largest absolute Gasteiger partial charge is 0.485 e. The molecule has 0 bridgehead atoms. The minimum Gasteiger partial charge on any atom is -0.485 e. The Kier molecular flexibility index (Phi) is 7.77. The minimum atomic E-state index is -0.230. The van der Waals surface area contributed by atoms with Gasteiger partial charge in [-0.2, -0.15) is 0 Å². The van der Waals surface area contributed by atoms with Crippen molar-refractivity contribution in [1.82, 2.24) is 14.8 Å². The zero-order valence-electron chi connectivity index (χ0n) is 18.4. The number of aryl methyl sites for hydroxylation is 1. The number of aromatic nitrogens is 3. The van der Waals surface area contributed by atoms with Gasteiger partial charge in [0.1, 0.15) is 12.4 Å². The van der Waals surface area contributed by atoms with E-state index in [1.807, 2.05) is 35.8 Å². The first-order valence-corrected chi connectivity index (χ1v) is 12.2. The molecule has 0 aliphatic rings. The van der Waals surface area contributed by atoms with Gasteiger partial charge in [-0.15, -0.1) is 16.8 Å². The molecular weight excluding hydrogens is 491 g/mol. The molecule has 3 aromatic carbocycles. The number of carbonyl (C=O) groups excluding carboxylic acids is 1. The molecule has 4 aromatic rings. The van der Waals surface area contributed by atoms with Gasteiger partial charge in [0.15, 0.2) is 11.0 Å². The molecule has 4 rings (SSSR count). The van der Waals surface area contributed by atoms with Crippen molar-refractivity contribution in [1.29, 1.82) is 0 Å². The van der Waals surface area contributed by atoms with Crippen LogP contribution in [-0.4, -0.2) is 26.4 Å². The Morgan fingerprint density at radius 2 is 2.00 bits per heavy atom. The molecule has 0 atom stereocenters. The van der Waals surface area contributed by atoms with Crippen LogP contribution >= 0.6 is 35.0 Å². The average molecular weight is 513 g/mol. The predicted molar refractivity (Wildman–Crippen MR) is 139 cm³/mol. The van der Waals surface area contributed by atoms with E-state index in [2.05, 4.69) is 34.2 Å². The van der Waals surface area contributed by atoms with Gasteiger partial charge in [-0.05, 0) is 47.5 Å². The van der Waals surface area contributed by atoms with Crippen LogP contribution in [0.25, 0.3) is 10.8 Å². The Morgan fingerprint density at radius 1 is 1.18 bits per heavy atom. The second-order valence-electron chi connectivity index (χ2n) is 7.46. The third-order valence-electron chi connectivity index (χ3n) is 5.15. The zero-order chi connectivity index (χ0) is 24.1. The summed E-state index contributed by atoms with van der Waals surface area (Å²) in [5.74, 6) is 1.34. The molecule has 34 heavy (non-hydrogen) atoms. The fraction of sp³-hybridized carbons (Fsp3) is 0.160. The first-order chi connectivity index (χ1) is 16.5. The SMILES string of the molecule is C=CCn1c(COc2ccc3ccccc3c2C)nnc1SCC(=O)Nc1cc(Cl)ccc1Cl. The molecule has 1 heterocycles. The summed E-state index contributed by atoms with van der Waals surface area (Å²) in [6.07, 6.45) is 1.75. The summed E-state index contributed by atoms with van der Waals surface area (Å²) >= 11 is 13.4. The summed E-state index contributed by atoms with van der Waals surface area (Å²) in [5.41, 5.74) is 1.53. The molecule has 0 saturated carbocycles. The van der Waals surface area contributed by atoms with E-state index in [9.17, 15) is 4.79 Å². The lowest BCUT2D eigenvalue weighted by atomic mass is 10.0. The number of carbonyl (C=O) groups is 1. The van der Waals surface area contributed by atoms with Gasteiger partial charge in [-0.3, -0.25) is 9.36 Å². The van der Waals surface area contributed by atoms with E-state index in [0.717, 1.165) is 22.1 Å². The van der Waals surface area contributed by atoms with Crippen LogP contribution in [0, 0.1) is 6.92 Å². The van der Waals surface area contributed by atoms with Crippen LogP contribution in [0.3, 0.4) is 0 Å². The van der Waals surface area contributed by atoms with Crippen molar-refractivity contribution in [3.05, 3.63) is 88.7 Å². The van der Waals surface area contributed by atoms with Gasteiger partial charge in [0.05, 0.1) is 16.5 Å². The van der Waals surface area contributed by atoms with Gasteiger partial charge in [0.2, 0.25) is 5.91 Å². The molecule has 174 valence electrons. The van der Waals surface area contributed by atoms with Gasteiger partial charge < -0.3 is 10.1 Å². The number of hydrogen-bond acceptors (Lipinski definition) is 5. The molecule has 0 spiro atoms. The highest BCUT2D eigenvalue weighted by molar-refractivity contribution is 7.99. The Morgan fingerprint density at radius 3 is 2.82 bits per heavy atom. The highest BCUT2D eigenvalue weighted by Crippen LogP contribution is 2.28. The summed E-state index contributed by atoms with van der Waals surface area (Å²) in [6, 6.07) is 17.1. The van der Waals surface area contributed by atoms with Gasteiger partial charge >= 0.3 is 0 Å². The molecule has 1 amide bonds. The van der Waals surface area contributed by atoms with Crippen LogP contribution in [0.15, 0.2) is 72.4 Å². The van der Waals surface area contributed by atoms with E-state index in [0.29, 0.717) is 33.3 Å². The van der Waals surface area contributed by atoms with Gasteiger partial charge in [0, 0.05) is 11.6 Å². The summed E-state index contributed by atoms with van der Waals surface area (Å²) < 4.78 is 7.97. The van der Waals surface area contributed by atoms with Crippen LogP contribution < -0.4 is 10.1 Å². The lowest BCUT2D eigenvalue weighted by molar-refractivity contribution is -0.113. The number of halogens is 2. The number of fused-ring (bicyclic) bond motifs is 1. The Bertz CT molecular complexity index is 1360. The highest BCUT2D eigenvalue weighted by atomic mass is 35.5. The number of ether oxygens (including phenoxy) is 1. The Labute approximate surface area is 211 Å². The first kappa shape index (κ1) is 24.1. The summed E-state index contributed by atoms with van der Waals surface area (Å²) in [4.78, 5) is 12.4. The number of nitrogens with zero attached hydrogens (tertiary/aromatic N) is 3. The van der Waals surface area contributed by atoms with E-state index in [1.165, 1.54) is 11.8 Å². The van der Waals surface area contributed by atoms with Crippen LogP contribution in [0.1, 0.15) is 11.4 Å². The summed E-state index contributed by atoms with van der Waals surface area (Å²) in [6.45, 7) is 6.59.